The van der Waals surface area contributed by atoms with Crippen molar-refractivity contribution in [1.29, 1.82) is 0 Å². The second kappa shape index (κ2) is 9.49. The van der Waals surface area contributed by atoms with Crippen molar-refractivity contribution in [2.75, 3.05) is 0 Å². The molecule has 0 saturated heterocycles. The number of hydrogen-bond acceptors (Lipinski definition) is 3. The van der Waals surface area contributed by atoms with Crippen LogP contribution < -0.4 is 4.74 Å². The maximum absolute atomic E-state index is 16.3. The van der Waals surface area contributed by atoms with Gasteiger partial charge in [-0.2, -0.15) is 0 Å². The predicted octanol–water partition coefficient (Wildman–Crippen LogP) is 6.16. The van der Waals surface area contributed by atoms with Crippen molar-refractivity contribution in [1.82, 2.24) is 0 Å². The Morgan fingerprint density at radius 2 is 1.76 bits per heavy atom. The third-order valence-electron chi connectivity index (χ3n) is 5.98. The number of aliphatic hydroxyl groups is 1. The molecule has 0 spiro atoms. The minimum atomic E-state index is -2.94. The number of halogens is 3. The molecule has 0 heterocycles. The van der Waals surface area contributed by atoms with Crippen LogP contribution >= 0.6 is 11.6 Å². The lowest BCUT2D eigenvalue weighted by molar-refractivity contribution is -0.163. The molecule has 3 aromatic rings. The molecule has 1 aliphatic carbocycles. The van der Waals surface area contributed by atoms with Gasteiger partial charge in [-0.1, -0.05) is 48.0 Å². The Morgan fingerprint density at radius 3 is 2.36 bits per heavy atom. The summed E-state index contributed by atoms with van der Waals surface area (Å²) >= 11 is 5.94. The van der Waals surface area contributed by atoms with E-state index in [-0.39, 0.29) is 18.1 Å². The summed E-state index contributed by atoms with van der Waals surface area (Å²) in [6.07, 6.45) is -0.855. The number of aliphatic hydroxyl groups excluding tert-OH is 1. The summed E-state index contributed by atoms with van der Waals surface area (Å²) < 4.78 is 36.1. The number of para-hydroxylation sites is 1. The molecular formula is C26H23ClF2O4. The topological polar surface area (TPSA) is 66.8 Å². The van der Waals surface area contributed by atoms with E-state index in [0.717, 1.165) is 6.07 Å². The Morgan fingerprint density at radius 1 is 1.09 bits per heavy atom. The van der Waals surface area contributed by atoms with E-state index in [0.29, 0.717) is 34.7 Å². The zero-order valence-corrected chi connectivity index (χ0v) is 18.4. The van der Waals surface area contributed by atoms with Crippen molar-refractivity contribution in [3.63, 3.8) is 0 Å². The minimum Gasteiger partial charge on any atom is -0.479 e. The van der Waals surface area contributed by atoms with Gasteiger partial charge in [0, 0.05) is 17.4 Å². The van der Waals surface area contributed by atoms with Gasteiger partial charge in [0.15, 0.2) is 11.6 Å². The van der Waals surface area contributed by atoms with E-state index in [1.807, 2.05) is 0 Å². The van der Waals surface area contributed by atoms with E-state index in [1.54, 1.807) is 54.6 Å². The Balaban J connectivity index is 1.62. The number of carboxylic acids is 1. The van der Waals surface area contributed by atoms with Crippen LogP contribution in [0.1, 0.15) is 29.9 Å². The molecule has 7 heteroatoms. The third kappa shape index (κ3) is 5.02. The summed E-state index contributed by atoms with van der Waals surface area (Å²) in [5, 5.41) is 21.2. The van der Waals surface area contributed by atoms with Gasteiger partial charge < -0.3 is 14.9 Å². The SMILES string of the molecule is O=C(O)[C@@](F)([C@@H](O)Cc1ccc(F)c(Oc2ccccc2)c1)[C@@H](c1ccc(Cl)cc1)C1CC1. The van der Waals surface area contributed by atoms with Gasteiger partial charge in [-0.15, -0.1) is 0 Å². The molecule has 0 unspecified atom stereocenters. The second-order valence-corrected chi connectivity index (χ2v) is 8.78. The molecule has 4 rings (SSSR count). The van der Waals surface area contributed by atoms with E-state index in [2.05, 4.69) is 0 Å². The average Bonchev–Trinajstić information content (AvgIpc) is 3.63. The lowest BCUT2D eigenvalue weighted by Crippen LogP contribution is -2.52. The van der Waals surface area contributed by atoms with E-state index >= 15 is 4.39 Å². The molecule has 3 aromatic carbocycles. The lowest BCUT2D eigenvalue weighted by atomic mass is 9.75. The number of benzene rings is 3. The summed E-state index contributed by atoms with van der Waals surface area (Å²) in [5.41, 5.74) is -2.12. The number of carbonyl (C=O) groups is 1. The minimum absolute atomic E-state index is 0.0953. The van der Waals surface area contributed by atoms with Gasteiger partial charge in [-0.3, -0.25) is 0 Å². The van der Waals surface area contributed by atoms with Crippen molar-refractivity contribution >= 4 is 17.6 Å². The quantitative estimate of drug-likeness (QED) is 0.391. The normalized spacial score (nSPS) is 17.1. The van der Waals surface area contributed by atoms with Gasteiger partial charge in [0.05, 0.1) is 0 Å². The van der Waals surface area contributed by atoms with Crippen molar-refractivity contribution in [3.8, 4) is 11.5 Å². The summed E-state index contributed by atoms with van der Waals surface area (Å²) in [4.78, 5) is 12.2. The fourth-order valence-corrected chi connectivity index (χ4v) is 4.31. The van der Waals surface area contributed by atoms with Crippen LogP contribution in [0.5, 0.6) is 11.5 Å². The summed E-state index contributed by atoms with van der Waals surface area (Å²) in [7, 11) is 0. The molecule has 0 aromatic heterocycles. The number of hydrogen-bond donors (Lipinski definition) is 2. The van der Waals surface area contributed by atoms with Crippen LogP contribution in [-0.4, -0.2) is 28.0 Å². The van der Waals surface area contributed by atoms with Crippen LogP contribution in [0.4, 0.5) is 8.78 Å². The molecule has 1 aliphatic rings. The first-order chi connectivity index (χ1) is 15.8. The van der Waals surface area contributed by atoms with Crippen LogP contribution in [0.25, 0.3) is 0 Å². The maximum atomic E-state index is 16.3. The fourth-order valence-electron chi connectivity index (χ4n) is 4.18. The maximum Gasteiger partial charge on any atom is 0.344 e. The first-order valence-corrected chi connectivity index (χ1v) is 11.0. The molecule has 1 saturated carbocycles. The highest BCUT2D eigenvalue weighted by atomic mass is 35.5. The van der Waals surface area contributed by atoms with E-state index in [1.165, 1.54) is 12.1 Å². The second-order valence-electron chi connectivity index (χ2n) is 8.34. The van der Waals surface area contributed by atoms with Crippen molar-refractivity contribution < 1.29 is 28.5 Å². The van der Waals surface area contributed by atoms with Gasteiger partial charge in [0.2, 0.25) is 5.67 Å². The molecule has 0 bridgehead atoms. The van der Waals surface area contributed by atoms with Crippen molar-refractivity contribution in [2.24, 2.45) is 5.92 Å². The predicted molar refractivity (Wildman–Crippen MR) is 121 cm³/mol. The van der Waals surface area contributed by atoms with Gasteiger partial charge >= 0.3 is 5.97 Å². The number of aliphatic carboxylic acids is 1. The van der Waals surface area contributed by atoms with Crippen molar-refractivity contribution in [3.05, 3.63) is 94.8 Å². The van der Waals surface area contributed by atoms with E-state index < -0.39 is 29.5 Å². The molecule has 0 amide bonds. The highest BCUT2D eigenvalue weighted by Gasteiger charge is 2.57. The first-order valence-electron chi connectivity index (χ1n) is 10.7. The zero-order chi connectivity index (χ0) is 23.6. The number of rotatable bonds is 9. The van der Waals surface area contributed by atoms with Crippen LogP contribution in [-0.2, 0) is 11.2 Å². The Hall–Kier alpha value is -2.96. The third-order valence-corrected chi connectivity index (χ3v) is 6.24. The highest BCUT2D eigenvalue weighted by molar-refractivity contribution is 6.30. The van der Waals surface area contributed by atoms with Crippen LogP contribution in [0.3, 0.4) is 0 Å². The van der Waals surface area contributed by atoms with Gasteiger partial charge in [-0.25, -0.2) is 13.6 Å². The molecule has 4 nitrogen and oxygen atoms in total. The average molecular weight is 473 g/mol. The van der Waals surface area contributed by atoms with Crippen molar-refractivity contribution in [2.45, 2.75) is 37.0 Å². The molecular weight excluding hydrogens is 450 g/mol. The van der Waals surface area contributed by atoms with Crippen LogP contribution in [0.2, 0.25) is 5.02 Å². The Bertz CT molecular complexity index is 1120. The summed E-state index contributed by atoms with van der Waals surface area (Å²) in [6.45, 7) is 0. The molecule has 0 radical (unpaired) electrons. The van der Waals surface area contributed by atoms with Crippen LogP contribution in [0, 0.1) is 11.7 Å². The lowest BCUT2D eigenvalue weighted by Gasteiger charge is -2.35. The first kappa shape index (κ1) is 23.2. The standard InChI is InChI=1S/C26H23ClF2O4/c27-19-11-9-18(10-12-19)24(17-7-8-17)26(29,25(31)32)23(30)15-16-6-13-21(28)22(14-16)33-20-4-2-1-3-5-20/h1-6,9-14,17,23-24,30H,7-8,15H2,(H,31,32)/t23-,24+,26+/m0/s1. The summed E-state index contributed by atoms with van der Waals surface area (Å²) in [6, 6.07) is 18.8. The number of carboxylic acid groups (broad SMARTS) is 1. The van der Waals surface area contributed by atoms with E-state index in [4.69, 9.17) is 16.3 Å². The number of ether oxygens (including phenoxy) is 1. The number of alkyl halides is 1. The van der Waals surface area contributed by atoms with Gasteiger partial charge in [-0.05, 0) is 66.3 Å². The largest absolute Gasteiger partial charge is 0.479 e. The van der Waals surface area contributed by atoms with Crippen LogP contribution in [0.15, 0.2) is 72.8 Å². The Kier molecular flexibility index (Phi) is 6.68. The monoisotopic (exact) mass is 472 g/mol. The summed E-state index contributed by atoms with van der Waals surface area (Å²) in [5.74, 6) is -3.28. The van der Waals surface area contributed by atoms with Gasteiger partial charge in [0.1, 0.15) is 11.9 Å². The molecule has 0 aliphatic heterocycles. The van der Waals surface area contributed by atoms with E-state index in [9.17, 15) is 19.4 Å². The van der Waals surface area contributed by atoms with Gasteiger partial charge in [0.25, 0.3) is 0 Å². The highest BCUT2D eigenvalue weighted by Crippen LogP contribution is 2.51. The smallest absolute Gasteiger partial charge is 0.344 e. The Labute approximate surface area is 195 Å². The zero-order valence-electron chi connectivity index (χ0n) is 17.6. The molecule has 1 fully saturated rings. The molecule has 33 heavy (non-hydrogen) atoms. The molecule has 172 valence electrons. The molecule has 3 atom stereocenters. The fraction of sp³-hybridized carbons (Fsp3) is 0.269. The molecule has 2 N–H and O–H groups in total.